The Hall–Kier alpha value is -3.03. The smallest absolute Gasteiger partial charge is 0.177 e. The van der Waals surface area contributed by atoms with Crippen LogP contribution in [0.25, 0.3) is 33.2 Å². The van der Waals surface area contributed by atoms with Crippen molar-refractivity contribution in [3.8, 4) is 22.3 Å². The first kappa shape index (κ1) is 20.3. The number of benzene rings is 3. The molecule has 0 aliphatic rings. The third-order valence-electron chi connectivity index (χ3n) is 4.90. The van der Waals surface area contributed by atoms with Gasteiger partial charge in [-0.15, -0.1) is 0 Å². The lowest BCUT2D eigenvalue weighted by Gasteiger charge is -2.11. The fourth-order valence-electron chi connectivity index (χ4n) is 3.47. The Morgan fingerprint density at radius 2 is 1.30 bits per heavy atom. The van der Waals surface area contributed by atoms with Gasteiger partial charge in [-0.25, -0.2) is 16.8 Å². The fraction of sp³-hybridized carbons (Fsp3) is 0.0870. The predicted octanol–water partition coefficient (Wildman–Crippen LogP) is 4.38. The van der Waals surface area contributed by atoms with E-state index in [4.69, 9.17) is 0 Å². The minimum absolute atomic E-state index is 0.193. The molecule has 0 aliphatic heterocycles. The summed E-state index contributed by atoms with van der Waals surface area (Å²) in [6.45, 7) is 0. The Kier molecular flexibility index (Phi) is 4.95. The molecule has 3 aromatic carbocycles. The average Bonchev–Trinajstić information content (AvgIpc) is 2.72. The van der Waals surface area contributed by atoms with Crippen molar-refractivity contribution in [3.63, 3.8) is 0 Å². The molecular weight excluding hydrogens is 418 g/mol. The van der Waals surface area contributed by atoms with Crippen LogP contribution in [0.5, 0.6) is 0 Å². The molecule has 5 nitrogen and oxygen atoms in total. The van der Waals surface area contributed by atoms with E-state index in [1.54, 1.807) is 36.5 Å². The van der Waals surface area contributed by atoms with Gasteiger partial charge in [0.1, 0.15) is 0 Å². The molecule has 152 valence electrons. The lowest BCUT2D eigenvalue weighted by atomic mass is 9.97. The van der Waals surface area contributed by atoms with Crippen LogP contribution in [0.4, 0.5) is 0 Å². The molecule has 1 heterocycles. The predicted molar refractivity (Wildman–Crippen MR) is 119 cm³/mol. The maximum Gasteiger partial charge on any atom is 0.177 e. The molecule has 0 atom stereocenters. The molecule has 4 rings (SSSR count). The zero-order chi connectivity index (χ0) is 21.5. The van der Waals surface area contributed by atoms with Gasteiger partial charge in [0.05, 0.1) is 15.3 Å². The van der Waals surface area contributed by atoms with E-state index < -0.39 is 19.7 Å². The summed E-state index contributed by atoms with van der Waals surface area (Å²) in [6.07, 6.45) is 3.96. The Morgan fingerprint density at radius 3 is 2.00 bits per heavy atom. The molecule has 30 heavy (non-hydrogen) atoms. The summed E-state index contributed by atoms with van der Waals surface area (Å²) in [7, 11) is -6.73. The van der Waals surface area contributed by atoms with E-state index in [-0.39, 0.29) is 9.79 Å². The van der Waals surface area contributed by atoms with Crippen LogP contribution in [-0.4, -0.2) is 34.3 Å². The SMILES string of the molecule is CS(=O)(=O)c1cccc(-c2cccc(-c3ccnc4c(S(C)(=O)=O)cccc34)c2)c1. The first-order valence-corrected chi connectivity index (χ1v) is 12.9. The van der Waals surface area contributed by atoms with E-state index in [1.807, 2.05) is 42.5 Å². The number of fused-ring (bicyclic) bond motifs is 1. The normalized spacial score (nSPS) is 12.2. The van der Waals surface area contributed by atoms with Crippen LogP contribution < -0.4 is 0 Å². The van der Waals surface area contributed by atoms with Gasteiger partial charge in [0.25, 0.3) is 0 Å². The van der Waals surface area contributed by atoms with Crippen molar-refractivity contribution < 1.29 is 16.8 Å². The van der Waals surface area contributed by atoms with Gasteiger partial charge in [0, 0.05) is 24.1 Å². The van der Waals surface area contributed by atoms with Crippen LogP contribution in [-0.2, 0) is 19.7 Å². The zero-order valence-electron chi connectivity index (χ0n) is 16.4. The van der Waals surface area contributed by atoms with Crippen molar-refractivity contribution in [2.45, 2.75) is 9.79 Å². The van der Waals surface area contributed by atoms with Crippen molar-refractivity contribution in [2.24, 2.45) is 0 Å². The topological polar surface area (TPSA) is 81.2 Å². The Morgan fingerprint density at radius 1 is 0.667 bits per heavy atom. The number of hydrogen-bond acceptors (Lipinski definition) is 5. The molecule has 0 N–H and O–H groups in total. The molecule has 0 unspecified atom stereocenters. The van der Waals surface area contributed by atoms with Crippen molar-refractivity contribution in [1.29, 1.82) is 0 Å². The van der Waals surface area contributed by atoms with Crippen molar-refractivity contribution in [3.05, 3.63) is 79.0 Å². The van der Waals surface area contributed by atoms with E-state index in [0.29, 0.717) is 5.52 Å². The molecule has 1 aromatic heterocycles. The van der Waals surface area contributed by atoms with Gasteiger partial charge in [-0.2, -0.15) is 0 Å². The van der Waals surface area contributed by atoms with Crippen LogP contribution in [0.2, 0.25) is 0 Å². The van der Waals surface area contributed by atoms with Crippen LogP contribution in [0, 0.1) is 0 Å². The molecular formula is C23H19NO4S2. The molecule has 7 heteroatoms. The summed E-state index contributed by atoms with van der Waals surface area (Å²) in [5.41, 5.74) is 3.82. The third kappa shape index (κ3) is 3.86. The highest BCUT2D eigenvalue weighted by atomic mass is 32.2. The van der Waals surface area contributed by atoms with Crippen molar-refractivity contribution >= 4 is 30.6 Å². The average molecular weight is 438 g/mol. The number of para-hydroxylation sites is 1. The van der Waals surface area contributed by atoms with Crippen molar-refractivity contribution in [1.82, 2.24) is 4.98 Å². The molecule has 4 aromatic rings. The van der Waals surface area contributed by atoms with Crippen LogP contribution in [0.3, 0.4) is 0 Å². The van der Waals surface area contributed by atoms with Gasteiger partial charge in [0.15, 0.2) is 19.7 Å². The van der Waals surface area contributed by atoms with E-state index >= 15 is 0 Å². The Labute approximate surface area is 175 Å². The molecule has 0 saturated carbocycles. The van der Waals surface area contributed by atoms with Gasteiger partial charge in [-0.3, -0.25) is 4.98 Å². The highest BCUT2D eigenvalue weighted by Crippen LogP contribution is 2.33. The second kappa shape index (κ2) is 7.34. The summed E-state index contributed by atoms with van der Waals surface area (Å²) in [4.78, 5) is 4.76. The van der Waals surface area contributed by atoms with E-state index in [9.17, 15) is 16.8 Å². The Balaban J connectivity index is 1.90. The lowest BCUT2D eigenvalue weighted by Crippen LogP contribution is -1.99. The summed E-state index contributed by atoms with van der Waals surface area (Å²) in [5, 5.41) is 0.738. The minimum Gasteiger partial charge on any atom is -0.255 e. The fourth-order valence-corrected chi connectivity index (χ4v) is 4.98. The molecule has 0 fully saturated rings. The van der Waals surface area contributed by atoms with Gasteiger partial charge in [-0.05, 0) is 52.6 Å². The maximum atomic E-state index is 12.2. The lowest BCUT2D eigenvalue weighted by molar-refractivity contribution is 0.600. The van der Waals surface area contributed by atoms with Gasteiger partial charge >= 0.3 is 0 Å². The largest absolute Gasteiger partial charge is 0.255 e. The number of pyridine rings is 1. The van der Waals surface area contributed by atoms with Crippen LogP contribution in [0.1, 0.15) is 0 Å². The number of rotatable bonds is 4. The summed E-state index contributed by atoms with van der Waals surface area (Å²) in [6, 6.07) is 21.5. The van der Waals surface area contributed by atoms with Gasteiger partial charge < -0.3 is 0 Å². The van der Waals surface area contributed by atoms with Gasteiger partial charge in [0.2, 0.25) is 0 Å². The molecule has 0 bridgehead atoms. The Bertz CT molecular complexity index is 1490. The van der Waals surface area contributed by atoms with E-state index in [2.05, 4.69) is 4.98 Å². The first-order valence-electron chi connectivity index (χ1n) is 9.13. The second-order valence-corrected chi connectivity index (χ2v) is 11.2. The summed E-state index contributed by atoms with van der Waals surface area (Å²) >= 11 is 0. The zero-order valence-corrected chi connectivity index (χ0v) is 18.0. The van der Waals surface area contributed by atoms with Crippen LogP contribution >= 0.6 is 0 Å². The summed E-state index contributed by atoms with van der Waals surface area (Å²) in [5.74, 6) is 0. The molecule has 0 saturated heterocycles. The number of nitrogens with zero attached hydrogens (tertiary/aromatic N) is 1. The van der Waals surface area contributed by atoms with Gasteiger partial charge in [-0.1, -0.05) is 42.5 Å². The first-order chi connectivity index (χ1) is 14.1. The molecule has 0 amide bonds. The maximum absolute atomic E-state index is 12.2. The number of aromatic nitrogens is 1. The second-order valence-electron chi connectivity index (χ2n) is 7.16. The van der Waals surface area contributed by atoms with E-state index in [0.717, 1.165) is 27.6 Å². The number of sulfone groups is 2. The highest BCUT2D eigenvalue weighted by molar-refractivity contribution is 7.91. The summed E-state index contributed by atoms with van der Waals surface area (Å²) < 4.78 is 48.1. The standard InChI is InChI=1S/C23H19NO4S2/c1-29(25,26)19-9-4-7-17(15-19)16-6-3-8-18(14-16)20-12-13-24-23-21(20)10-5-11-22(23)30(2,27)28/h3-15H,1-2H3. The quantitative estimate of drug-likeness (QED) is 0.473. The minimum atomic E-state index is -3.42. The molecule has 0 aliphatic carbocycles. The molecule has 0 radical (unpaired) electrons. The number of hydrogen-bond donors (Lipinski definition) is 0. The third-order valence-corrected chi connectivity index (χ3v) is 7.14. The highest BCUT2D eigenvalue weighted by Gasteiger charge is 2.15. The molecule has 0 spiro atoms. The van der Waals surface area contributed by atoms with Crippen LogP contribution in [0.15, 0.2) is 88.8 Å². The van der Waals surface area contributed by atoms with Crippen molar-refractivity contribution in [2.75, 3.05) is 12.5 Å². The van der Waals surface area contributed by atoms with E-state index in [1.165, 1.54) is 12.5 Å². The monoisotopic (exact) mass is 437 g/mol.